The van der Waals surface area contributed by atoms with Crippen molar-refractivity contribution in [2.75, 3.05) is 20.1 Å². The Labute approximate surface area is 90.0 Å². The second kappa shape index (κ2) is 6.40. The van der Waals surface area contributed by atoms with Crippen LogP contribution < -0.4 is 16.0 Å². The van der Waals surface area contributed by atoms with Crippen LogP contribution in [0.1, 0.15) is 25.7 Å². The fraction of sp³-hybridized carbons (Fsp3) is 0.800. The van der Waals surface area contributed by atoms with Crippen LogP contribution in [0, 0.1) is 0 Å². The predicted octanol–water partition coefficient (Wildman–Crippen LogP) is -0.619. The number of hydrogen-bond donors (Lipinski definition) is 3. The second-order valence-electron chi connectivity index (χ2n) is 3.76. The van der Waals surface area contributed by atoms with E-state index in [1.165, 1.54) is 0 Å². The first-order valence-electron chi connectivity index (χ1n) is 5.45. The molecule has 0 aromatic rings. The van der Waals surface area contributed by atoms with Crippen molar-refractivity contribution in [2.24, 2.45) is 0 Å². The Bertz CT molecular complexity index is 231. The Morgan fingerprint density at radius 3 is 3.07 bits per heavy atom. The smallest absolute Gasteiger partial charge is 0.242 e. The topological polar surface area (TPSA) is 70.2 Å². The van der Waals surface area contributed by atoms with Crippen LogP contribution in [0.3, 0.4) is 0 Å². The van der Waals surface area contributed by atoms with E-state index in [4.69, 9.17) is 0 Å². The summed E-state index contributed by atoms with van der Waals surface area (Å²) in [6, 6.07) is -0.336. The van der Waals surface area contributed by atoms with Crippen LogP contribution in [-0.2, 0) is 9.59 Å². The summed E-state index contributed by atoms with van der Waals surface area (Å²) in [6.45, 7) is 1.36. The van der Waals surface area contributed by atoms with E-state index in [0.717, 1.165) is 25.8 Å². The molecule has 5 heteroatoms. The van der Waals surface area contributed by atoms with Gasteiger partial charge in [-0.1, -0.05) is 0 Å². The normalized spacial score (nSPS) is 21.7. The summed E-state index contributed by atoms with van der Waals surface area (Å²) in [5.41, 5.74) is 0. The number of carbonyl (C=O) groups is 2. The SMILES string of the molecule is CNCCC(=O)NC1CCCCNC1=O. The standard InChI is InChI=1S/C10H19N3O2/c1-11-7-5-9(14)13-8-4-2-3-6-12-10(8)15/h8,11H,2-7H2,1H3,(H,12,15)(H,13,14). The first-order valence-corrected chi connectivity index (χ1v) is 5.45. The minimum absolute atomic E-state index is 0.0506. The summed E-state index contributed by atoms with van der Waals surface area (Å²) in [4.78, 5) is 22.9. The van der Waals surface area contributed by atoms with Crippen LogP contribution in [0.5, 0.6) is 0 Å². The van der Waals surface area contributed by atoms with E-state index in [2.05, 4.69) is 16.0 Å². The first kappa shape index (κ1) is 12.0. The van der Waals surface area contributed by atoms with Crippen molar-refractivity contribution >= 4 is 11.8 Å². The van der Waals surface area contributed by atoms with E-state index in [9.17, 15) is 9.59 Å². The predicted molar refractivity (Wildman–Crippen MR) is 57.3 cm³/mol. The molecular formula is C10H19N3O2. The van der Waals surface area contributed by atoms with Crippen molar-refractivity contribution in [1.82, 2.24) is 16.0 Å². The highest BCUT2D eigenvalue weighted by Gasteiger charge is 2.21. The number of rotatable bonds is 4. The highest BCUT2D eigenvalue weighted by Crippen LogP contribution is 2.05. The monoisotopic (exact) mass is 213 g/mol. The Hall–Kier alpha value is -1.10. The average molecular weight is 213 g/mol. The quantitative estimate of drug-likeness (QED) is 0.583. The molecule has 0 spiro atoms. The molecule has 1 unspecified atom stereocenters. The number of amides is 2. The molecule has 1 heterocycles. The third-order valence-corrected chi connectivity index (χ3v) is 2.47. The minimum Gasteiger partial charge on any atom is -0.354 e. The molecule has 0 bridgehead atoms. The van der Waals surface area contributed by atoms with Crippen molar-refractivity contribution in [2.45, 2.75) is 31.7 Å². The zero-order valence-corrected chi connectivity index (χ0v) is 9.14. The van der Waals surface area contributed by atoms with E-state index >= 15 is 0 Å². The van der Waals surface area contributed by atoms with E-state index in [1.807, 2.05) is 0 Å². The Kier molecular flexibility index (Phi) is 5.10. The molecule has 1 aliphatic heterocycles. The van der Waals surface area contributed by atoms with Gasteiger partial charge in [-0.05, 0) is 26.3 Å². The average Bonchev–Trinajstić information content (AvgIpc) is 2.42. The van der Waals surface area contributed by atoms with Gasteiger partial charge in [-0.15, -0.1) is 0 Å². The van der Waals surface area contributed by atoms with Gasteiger partial charge in [0.1, 0.15) is 6.04 Å². The van der Waals surface area contributed by atoms with Crippen molar-refractivity contribution < 1.29 is 9.59 Å². The lowest BCUT2D eigenvalue weighted by molar-refractivity contribution is -0.128. The summed E-state index contributed by atoms with van der Waals surface area (Å²) in [6.07, 6.45) is 3.14. The largest absolute Gasteiger partial charge is 0.354 e. The van der Waals surface area contributed by atoms with Crippen LogP contribution >= 0.6 is 0 Å². The van der Waals surface area contributed by atoms with Crippen LogP contribution in [-0.4, -0.2) is 38.0 Å². The van der Waals surface area contributed by atoms with Crippen LogP contribution in [0.25, 0.3) is 0 Å². The van der Waals surface area contributed by atoms with Crippen LogP contribution in [0.4, 0.5) is 0 Å². The first-order chi connectivity index (χ1) is 7.24. The zero-order valence-electron chi connectivity index (χ0n) is 9.14. The number of nitrogens with one attached hydrogen (secondary N) is 3. The molecule has 1 rings (SSSR count). The summed E-state index contributed by atoms with van der Waals surface area (Å²) < 4.78 is 0. The highest BCUT2D eigenvalue weighted by atomic mass is 16.2. The summed E-state index contributed by atoms with van der Waals surface area (Å²) in [5, 5.41) is 8.44. The van der Waals surface area contributed by atoms with Crippen LogP contribution in [0.2, 0.25) is 0 Å². The van der Waals surface area contributed by atoms with E-state index in [-0.39, 0.29) is 17.9 Å². The summed E-state index contributed by atoms with van der Waals surface area (Å²) >= 11 is 0. The van der Waals surface area contributed by atoms with E-state index in [1.54, 1.807) is 7.05 Å². The molecule has 1 fully saturated rings. The maximum Gasteiger partial charge on any atom is 0.242 e. The zero-order chi connectivity index (χ0) is 11.1. The lowest BCUT2D eigenvalue weighted by atomic mass is 10.1. The lowest BCUT2D eigenvalue weighted by Crippen LogP contribution is -2.45. The molecule has 0 aromatic heterocycles. The van der Waals surface area contributed by atoms with Crippen molar-refractivity contribution in [3.63, 3.8) is 0 Å². The molecule has 0 aliphatic carbocycles. The fourth-order valence-electron chi connectivity index (χ4n) is 1.58. The van der Waals surface area contributed by atoms with Crippen molar-refractivity contribution in [3.8, 4) is 0 Å². The maximum absolute atomic E-state index is 11.5. The molecule has 0 radical (unpaired) electrons. The van der Waals surface area contributed by atoms with E-state index < -0.39 is 0 Å². The molecule has 1 atom stereocenters. The minimum atomic E-state index is -0.336. The van der Waals surface area contributed by atoms with Gasteiger partial charge >= 0.3 is 0 Å². The number of hydrogen-bond acceptors (Lipinski definition) is 3. The van der Waals surface area contributed by atoms with Crippen LogP contribution in [0.15, 0.2) is 0 Å². The maximum atomic E-state index is 11.5. The summed E-state index contributed by atoms with van der Waals surface area (Å²) in [7, 11) is 1.80. The van der Waals surface area contributed by atoms with Gasteiger partial charge in [0.05, 0.1) is 0 Å². The van der Waals surface area contributed by atoms with Gasteiger partial charge in [0.25, 0.3) is 0 Å². The van der Waals surface area contributed by atoms with Gasteiger partial charge in [0, 0.05) is 19.5 Å². The molecule has 15 heavy (non-hydrogen) atoms. The highest BCUT2D eigenvalue weighted by molar-refractivity contribution is 5.87. The lowest BCUT2D eigenvalue weighted by Gasteiger charge is -2.14. The molecule has 5 nitrogen and oxygen atoms in total. The van der Waals surface area contributed by atoms with Gasteiger partial charge in [0.15, 0.2) is 0 Å². The van der Waals surface area contributed by atoms with Gasteiger partial charge in [-0.25, -0.2) is 0 Å². The van der Waals surface area contributed by atoms with E-state index in [0.29, 0.717) is 13.0 Å². The molecular weight excluding hydrogens is 194 g/mol. The van der Waals surface area contributed by atoms with Gasteiger partial charge < -0.3 is 16.0 Å². The Morgan fingerprint density at radius 2 is 2.33 bits per heavy atom. The Balaban J connectivity index is 2.34. The molecule has 86 valence electrons. The molecule has 1 aliphatic rings. The molecule has 0 aromatic carbocycles. The molecule has 0 saturated carbocycles. The molecule has 1 saturated heterocycles. The van der Waals surface area contributed by atoms with Gasteiger partial charge in [-0.2, -0.15) is 0 Å². The third kappa shape index (κ3) is 4.29. The molecule has 3 N–H and O–H groups in total. The fourth-order valence-corrected chi connectivity index (χ4v) is 1.58. The van der Waals surface area contributed by atoms with Gasteiger partial charge in [-0.3, -0.25) is 9.59 Å². The van der Waals surface area contributed by atoms with Crippen molar-refractivity contribution in [3.05, 3.63) is 0 Å². The Morgan fingerprint density at radius 1 is 1.53 bits per heavy atom. The second-order valence-corrected chi connectivity index (χ2v) is 3.76. The van der Waals surface area contributed by atoms with Gasteiger partial charge in [0.2, 0.25) is 11.8 Å². The third-order valence-electron chi connectivity index (χ3n) is 2.47. The van der Waals surface area contributed by atoms with Crippen molar-refractivity contribution in [1.29, 1.82) is 0 Å². The summed E-state index contributed by atoms with van der Waals surface area (Å²) in [5.74, 6) is -0.114. The molecule has 2 amide bonds. The number of carbonyl (C=O) groups excluding carboxylic acids is 2.